The third-order valence-electron chi connectivity index (χ3n) is 8.18. The number of benzene rings is 1. The van der Waals surface area contributed by atoms with Crippen molar-refractivity contribution in [2.45, 2.75) is 65.1 Å². The molecule has 210 valence electrons. The second-order valence-electron chi connectivity index (χ2n) is 10.9. The lowest BCUT2D eigenvalue weighted by Crippen LogP contribution is -2.62. The van der Waals surface area contributed by atoms with Crippen LogP contribution in [0.1, 0.15) is 54.5 Å². The van der Waals surface area contributed by atoms with E-state index >= 15 is 0 Å². The Labute approximate surface area is 245 Å². The van der Waals surface area contributed by atoms with Crippen molar-refractivity contribution in [1.29, 1.82) is 0 Å². The summed E-state index contributed by atoms with van der Waals surface area (Å²) in [6, 6.07) is 9.16. The second kappa shape index (κ2) is 10.8. The normalized spacial score (nSPS) is 19.9. The molecule has 10 nitrogen and oxygen atoms in total. The lowest BCUT2D eigenvalue weighted by Gasteiger charge is -2.51. The Morgan fingerprint density at radius 3 is 2.44 bits per heavy atom. The molecule has 2 aliphatic heterocycles. The fourth-order valence-electron chi connectivity index (χ4n) is 6.22. The van der Waals surface area contributed by atoms with Crippen LogP contribution in [0, 0.1) is 19.8 Å². The van der Waals surface area contributed by atoms with Gasteiger partial charge >= 0.3 is 0 Å². The Balaban J connectivity index is 1.25. The highest BCUT2D eigenvalue weighted by atomic mass is 79.9. The van der Waals surface area contributed by atoms with Crippen LogP contribution in [0.25, 0.3) is 22.0 Å². The van der Waals surface area contributed by atoms with Gasteiger partial charge in [-0.25, -0.2) is 15.0 Å². The van der Waals surface area contributed by atoms with Crippen LogP contribution in [0.5, 0.6) is 0 Å². The standard InChI is InChI=1S/C30H30BrN7O3/c1-16-4-11-25(31)34-29(16)38-22-8-5-19(6-9-22)28(38)30(41)35-26(40)15-37-24-10-7-20(21-13-32-18(3)33-14-21)12-23(24)27(36-37)17(2)39/h4,7,10-14,19,22,28H,5-6,8-9,15H2,1-3H3,(H,35,40,41). The van der Waals surface area contributed by atoms with Gasteiger partial charge in [0.2, 0.25) is 11.8 Å². The summed E-state index contributed by atoms with van der Waals surface area (Å²) >= 11 is 3.47. The van der Waals surface area contributed by atoms with Crippen molar-refractivity contribution >= 4 is 50.2 Å². The average Bonchev–Trinajstić information content (AvgIpc) is 3.32. The highest BCUT2D eigenvalue weighted by Crippen LogP contribution is 2.43. The Morgan fingerprint density at radius 1 is 1.00 bits per heavy atom. The molecule has 3 aliphatic rings. The minimum atomic E-state index is -0.481. The van der Waals surface area contributed by atoms with Gasteiger partial charge in [-0.1, -0.05) is 12.1 Å². The number of aryl methyl sites for hydroxylation is 2. The van der Waals surface area contributed by atoms with Crippen LogP contribution in [0.2, 0.25) is 0 Å². The second-order valence-corrected chi connectivity index (χ2v) is 11.7. The fourth-order valence-corrected chi connectivity index (χ4v) is 6.52. The van der Waals surface area contributed by atoms with Crippen LogP contribution in [0.4, 0.5) is 5.82 Å². The van der Waals surface area contributed by atoms with E-state index in [0.29, 0.717) is 21.3 Å². The van der Waals surface area contributed by atoms with Crippen LogP contribution >= 0.6 is 15.9 Å². The van der Waals surface area contributed by atoms with E-state index in [1.165, 1.54) is 11.6 Å². The molecule has 0 spiro atoms. The zero-order chi connectivity index (χ0) is 28.8. The number of aromatic nitrogens is 5. The summed E-state index contributed by atoms with van der Waals surface area (Å²) in [6.45, 7) is 5.05. The fraction of sp³-hybridized carbons (Fsp3) is 0.367. The molecule has 5 heterocycles. The number of amides is 2. The van der Waals surface area contributed by atoms with E-state index in [4.69, 9.17) is 4.98 Å². The van der Waals surface area contributed by atoms with Crippen molar-refractivity contribution in [2.75, 3.05) is 4.90 Å². The number of piperidine rings is 2. The number of carbonyl (C=O) groups excluding carboxylic acids is 3. The summed E-state index contributed by atoms with van der Waals surface area (Å²) in [5.41, 5.74) is 3.52. The van der Waals surface area contributed by atoms with Crippen LogP contribution in [0.3, 0.4) is 0 Å². The van der Waals surface area contributed by atoms with Gasteiger partial charge in [-0.15, -0.1) is 0 Å². The number of Topliss-reactive ketones (excluding diaryl/α,β-unsaturated/α-hetero) is 1. The summed E-state index contributed by atoms with van der Waals surface area (Å²) in [5.74, 6) is 0.571. The summed E-state index contributed by atoms with van der Waals surface area (Å²) in [5, 5.41) is 7.73. The number of nitrogens with zero attached hydrogens (tertiary/aromatic N) is 6. The first kappa shape index (κ1) is 27.2. The lowest BCUT2D eigenvalue weighted by atomic mass is 9.74. The van der Waals surface area contributed by atoms with E-state index in [0.717, 1.165) is 48.2 Å². The highest BCUT2D eigenvalue weighted by molar-refractivity contribution is 9.10. The molecule has 1 unspecified atom stereocenters. The Kier molecular flexibility index (Phi) is 7.14. The van der Waals surface area contributed by atoms with Gasteiger partial charge in [0.25, 0.3) is 0 Å². The Hall–Kier alpha value is -3.99. The molecule has 4 aromatic rings. The molecule has 1 saturated carbocycles. The molecule has 1 atom stereocenters. The first-order chi connectivity index (χ1) is 19.7. The van der Waals surface area contributed by atoms with E-state index in [9.17, 15) is 14.4 Å². The van der Waals surface area contributed by atoms with E-state index in [1.54, 1.807) is 12.4 Å². The van der Waals surface area contributed by atoms with Gasteiger partial charge in [-0.3, -0.25) is 24.4 Å². The van der Waals surface area contributed by atoms with E-state index < -0.39 is 11.9 Å². The van der Waals surface area contributed by atoms with Crippen LogP contribution in [-0.4, -0.2) is 54.4 Å². The van der Waals surface area contributed by atoms with E-state index in [1.807, 2.05) is 44.2 Å². The predicted molar refractivity (Wildman–Crippen MR) is 157 cm³/mol. The van der Waals surface area contributed by atoms with E-state index in [-0.39, 0.29) is 35.9 Å². The number of hydrogen-bond donors (Lipinski definition) is 1. The summed E-state index contributed by atoms with van der Waals surface area (Å²) in [6.07, 6.45) is 7.35. The summed E-state index contributed by atoms with van der Waals surface area (Å²) in [4.78, 5) is 54.7. The van der Waals surface area contributed by atoms with Crippen LogP contribution in [0.15, 0.2) is 47.3 Å². The molecule has 1 aromatic carbocycles. The minimum absolute atomic E-state index is 0.145. The highest BCUT2D eigenvalue weighted by Gasteiger charge is 2.46. The SMILES string of the molecule is CC(=O)c1nn(CC(=O)NC(=O)C2C3CCC(CC3)N2c2nc(Br)ccc2C)c2ccc(-c3cnc(C)nc3)cc12. The minimum Gasteiger partial charge on any atom is -0.341 e. The number of pyridine rings is 1. The first-order valence-corrected chi connectivity index (χ1v) is 14.5. The van der Waals surface area contributed by atoms with Crippen molar-refractivity contribution < 1.29 is 14.4 Å². The summed E-state index contributed by atoms with van der Waals surface area (Å²) < 4.78 is 2.19. The quantitative estimate of drug-likeness (QED) is 0.247. The maximum absolute atomic E-state index is 13.7. The Morgan fingerprint density at radius 2 is 1.73 bits per heavy atom. The maximum atomic E-state index is 13.7. The molecule has 2 bridgehead atoms. The molecule has 3 aromatic heterocycles. The number of halogens is 1. The van der Waals surface area contributed by atoms with Gasteiger partial charge in [0.15, 0.2) is 5.78 Å². The van der Waals surface area contributed by atoms with Crippen molar-refractivity contribution in [3.05, 3.63) is 64.4 Å². The molecule has 1 N–H and O–H groups in total. The predicted octanol–water partition coefficient (Wildman–Crippen LogP) is 4.56. The van der Waals surface area contributed by atoms with Gasteiger partial charge in [-0.05, 0) is 90.7 Å². The largest absolute Gasteiger partial charge is 0.341 e. The molecule has 41 heavy (non-hydrogen) atoms. The number of ketones is 1. The van der Waals surface area contributed by atoms with Crippen LogP contribution in [-0.2, 0) is 16.1 Å². The Bertz CT molecular complexity index is 1680. The van der Waals surface area contributed by atoms with Gasteiger partial charge in [0.1, 0.15) is 34.5 Å². The summed E-state index contributed by atoms with van der Waals surface area (Å²) in [7, 11) is 0. The van der Waals surface area contributed by atoms with Crippen LogP contribution < -0.4 is 10.2 Å². The molecule has 2 amide bonds. The lowest BCUT2D eigenvalue weighted by molar-refractivity contribution is -0.133. The number of nitrogens with one attached hydrogen (secondary N) is 1. The van der Waals surface area contributed by atoms with Crippen molar-refractivity contribution in [1.82, 2.24) is 30.0 Å². The molecule has 0 radical (unpaired) electrons. The van der Waals surface area contributed by atoms with Gasteiger partial charge in [0, 0.05) is 36.3 Å². The number of imide groups is 1. The maximum Gasteiger partial charge on any atom is 0.249 e. The average molecular weight is 617 g/mol. The third-order valence-corrected chi connectivity index (χ3v) is 8.63. The zero-order valence-corrected chi connectivity index (χ0v) is 24.7. The monoisotopic (exact) mass is 615 g/mol. The number of rotatable bonds is 6. The van der Waals surface area contributed by atoms with Gasteiger partial charge in [-0.2, -0.15) is 5.10 Å². The molecular formula is C30H30BrN7O3. The molecule has 2 saturated heterocycles. The van der Waals surface area contributed by atoms with Crippen molar-refractivity contribution in [3.63, 3.8) is 0 Å². The molecule has 11 heteroatoms. The molecular weight excluding hydrogens is 586 g/mol. The van der Waals surface area contributed by atoms with Crippen molar-refractivity contribution in [2.24, 2.45) is 5.92 Å². The van der Waals surface area contributed by atoms with Crippen molar-refractivity contribution in [3.8, 4) is 11.1 Å². The smallest absolute Gasteiger partial charge is 0.249 e. The molecule has 1 aliphatic carbocycles. The number of anilines is 1. The van der Waals surface area contributed by atoms with Gasteiger partial charge in [0.05, 0.1) is 5.52 Å². The van der Waals surface area contributed by atoms with E-state index in [2.05, 4.69) is 41.2 Å². The van der Waals surface area contributed by atoms with Gasteiger partial charge < -0.3 is 4.90 Å². The number of carbonyl (C=O) groups is 3. The number of hydrogen-bond acceptors (Lipinski definition) is 8. The topological polar surface area (TPSA) is 123 Å². The zero-order valence-electron chi connectivity index (χ0n) is 23.1. The molecule has 7 rings (SSSR count). The number of fused-ring (bicyclic) bond motifs is 4. The first-order valence-electron chi connectivity index (χ1n) is 13.8. The third kappa shape index (κ3) is 5.14. The molecule has 3 fully saturated rings.